The number of hydrogen-bond donors (Lipinski definition) is 1. The lowest BCUT2D eigenvalue weighted by Crippen LogP contribution is -2.40. The summed E-state index contributed by atoms with van der Waals surface area (Å²) < 4.78 is 1.86. The molecule has 6 heteroatoms. The van der Waals surface area contributed by atoms with Gasteiger partial charge in [-0.05, 0) is 50.2 Å². The number of aromatic amines is 1. The maximum Gasteiger partial charge on any atom is 0.272 e. The van der Waals surface area contributed by atoms with Crippen LogP contribution in [0.15, 0.2) is 12.3 Å². The zero-order chi connectivity index (χ0) is 18.7. The average Bonchev–Trinajstić information content (AvgIpc) is 3.27. The van der Waals surface area contributed by atoms with Crippen molar-refractivity contribution >= 4 is 5.91 Å². The molecule has 1 fully saturated rings. The van der Waals surface area contributed by atoms with Crippen LogP contribution in [0.2, 0.25) is 0 Å². The summed E-state index contributed by atoms with van der Waals surface area (Å²) in [5, 5.41) is 12.0. The minimum Gasteiger partial charge on any atom is -0.337 e. The third-order valence-electron chi connectivity index (χ3n) is 5.22. The largest absolute Gasteiger partial charge is 0.337 e. The van der Waals surface area contributed by atoms with E-state index in [9.17, 15) is 4.79 Å². The number of hydrogen-bond acceptors (Lipinski definition) is 3. The van der Waals surface area contributed by atoms with Crippen molar-refractivity contribution < 1.29 is 4.79 Å². The fraction of sp³-hybridized carbons (Fsp3) is 0.650. The number of carbonyl (C=O) groups is 1. The van der Waals surface area contributed by atoms with Crippen LogP contribution in [0.25, 0.3) is 0 Å². The molecule has 1 saturated heterocycles. The molecule has 1 N–H and O–H groups in total. The van der Waals surface area contributed by atoms with Crippen molar-refractivity contribution in [3.8, 4) is 0 Å². The first-order valence-electron chi connectivity index (χ1n) is 9.91. The van der Waals surface area contributed by atoms with E-state index < -0.39 is 0 Å². The van der Waals surface area contributed by atoms with Gasteiger partial charge in [-0.25, -0.2) is 0 Å². The van der Waals surface area contributed by atoms with Crippen molar-refractivity contribution in [2.75, 3.05) is 13.1 Å². The highest BCUT2D eigenvalue weighted by Crippen LogP contribution is 2.29. The number of likely N-dealkylation sites (tertiary alicyclic amines) is 1. The van der Waals surface area contributed by atoms with Crippen LogP contribution in [0.5, 0.6) is 0 Å². The van der Waals surface area contributed by atoms with Gasteiger partial charge in [0.1, 0.15) is 5.69 Å². The standard InChI is InChI=1S/C20H31N5O/c1-5-15-12-21-22-19(15)16-8-7-9-24(13-16)20(26)18-11-17(10-14(3)4)23-25(18)6-2/h11-12,14,16H,5-10,13H2,1-4H3,(H,21,22)/t16-/m1/s1. The molecule has 3 rings (SSSR count). The van der Waals surface area contributed by atoms with Gasteiger partial charge in [0.05, 0.1) is 11.9 Å². The molecule has 3 heterocycles. The number of carbonyl (C=O) groups excluding carboxylic acids is 1. The Labute approximate surface area is 156 Å². The minimum absolute atomic E-state index is 0.108. The predicted molar refractivity (Wildman–Crippen MR) is 102 cm³/mol. The molecule has 0 bridgehead atoms. The number of H-pyrrole nitrogens is 1. The van der Waals surface area contributed by atoms with Gasteiger partial charge in [-0.3, -0.25) is 14.6 Å². The Morgan fingerprint density at radius 2 is 2.19 bits per heavy atom. The Kier molecular flexibility index (Phi) is 5.79. The van der Waals surface area contributed by atoms with Crippen LogP contribution in [-0.2, 0) is 19.4 Å². The Balaban J connectivity index is 1.78. The second-order valence-corrected chi connectivity index (χ2v) is 7.69. The van der Waals surface area contributed by atoms with Crippen LogP contribution in [0.1, 0.15) is 73.9 Å². The predicted octanol–water partition coefficient (Wildman–Crippen LogP) is 3.41. The summed E-state index contributed by atoms with van der Waals surface area (Å²) in [5.41, 5.74) is 4.21. The first-order chi connectivity index (χ1) is 12.5. The first kappa shape index (κ1) is 18.7. The molecular weight excluding hydrogens is 326 g/mol. The second-order valence-electron chi connectivity index (χ2n) is 7.69. The summed E-state index contributed by atoms with van der Waals surface area (Å²) in [5.74, 6) is 0.986. The van der Waals surface area contributed by atoms with Crippen molar-refractivity contribution in [1.82, 2.24) is 24.9 Å². The molecule has 1 atom stereocenters. The van der Waals surface area contributed by atoms with E-state index in [0.717, 1.165) is 56.7 Å². The molecule has 0 aliphatic carbocycles. The van der Waals surface area contributed by atoms with Crippen molar-refractivity contribution in [2.45, 2.75) is 65.8 Å². The van der Waals surface area contributed by atoms with Gasteiger partial charge in [-0.2, -0.15) is 10.2 Å². The van der Waals surface area contributed by atoms with Gasteiger partial charge in [0, 0.05) is 31.2 Å². The molecule has 2 aromatic heterocycles. The monoisotopic (exact) mass is 357 g/mol. The lowest BCUT2D eigenvalue weighted by Gasteiger charge is -2.32. The van der Waals surface area contributed by atoms with E-state index in [1.165, 1.54) is 11.3 Å². The van der Waals surface area contributed by atoms with Crippen LogP contribution in [0.4, 0.5) is 0 Å². The molecule has 1 aliphatic heterocycles. The molecule has 26 heavy (non-hydrogen) atoms. The molecule has 0 spiro atoms. The maximum atomic E-state index is 13.2. The van der Waals surface area contributed by atoms with E-state index in [0.29, 0.717) is 11.8 Å². The highest BCUT2D eigenvalue weighted by Gasteiger charge is 2.29. The van der Waals surface area contributed by atoms with E-state index in [-0.39, 0.29) is 5.91 Å². The minimum atomic E-state index is 0.108. The number of aryl methyl sites for hydroxylation is 2. The Bertz CT molecular complexity index is 745. The highest BCUT2D eigenvalue weighted by molar-refractivity contribution is 5.92. The normalized spacial score (nSPS) is 17.9. The van der Waals surface area contributed by atoms with E-state index in [1.54, 1.807) is 0 Å². The topological polar surface area (TPSA) is 66.8 Å². The molecule has 0 unspecified atom stereocenters. The Morgan fingerprint density at radius 1 is 1.38 bits per heavy atom. The highest BCUT2D eigenvalue weighted by atomic mass is 16.2. The van der Waals surface area contributed by atoms with Gasteiger partial charge in [0.2, 0.25) is 0 Å². The summed E-state index contributed by atoms with van der Waals surface area (Å²) in [6, 6.07) is 1.99. The molecule has 1 amide bonds. The number of nitrogens with one attached hydrogen (secondary N) is 1. The fourth-order valence-corrected chi connectivity index (χ4v) is 3.92. The second kappa shape index (κ2) is 8.06. The van der Waals surface area contributed by atoms with Gasteiger partial charge >= 0.3 is 0 Å². The SMILES string of the molecule is CCc1cn[nH]c1[C@@H]1CCCN(C(=O)c2cc(CC(C)C)nn2CC)C1. The van der Waals surface area contributed by atoms with Crippen LogP contribution in [0.3, 0.4) is 0 Å². The lowest BCUT2D eigenvalue weighted by atomic mass is 9.92. The van der Waals surface area contributed by atoms with E-state index >= 15 is 0 Å². The van der Waals surface area contributed by atoms with Gasteiger partial charge in [-0.15, -0.1) is 0 Å². The first-order valence-corrected chi connectivity index (χ1v) is 9.91. The van der Waals surface area contributed by atoms with E-state index in [2.05, 4.69) is 36.1 Å². The summed E-state index contributed by atoms with van der Waals surface area (Å²) in [6.45, 7) is 10.8. The summed E-state index contributed by atoms with van der Waals surface area (Å²) in [7, 11) is 0. The van der Waals surface area contributed by atoms with Gasteiger partial charge in [0.15, 0.2) is 0 Å². The lowest BCUT2D eigenvalue weighted by molar-refractivity contribution is 0.0693. The number of rotatable bonds is 6. The maximum absolute atomic E-state index is 13.2. The molecule has 142 valence electrons. The molecule has 0 radical (unpaired) electrons. The summed E-state index contributed by atoms with van der Waals surface area (Å²) in [4.78, 5) is 15.2. The zero-order valence-electron chi connectivity index (χ0n) is 16.5. The number of piperidine rings is 1. The molecular formula is C20H31N5O. The van der Waals surface area contributed by atoms with E-state index in [4.69, 9.17) is 0 Å². The smallest absolute Gasteiger partial charge is 0.272 e. The molecule has 0 saturated carbocycles. The number of aromatic nitrogens is 4. The quantitative estimate of drug-likeness (QED) is 0.861. The zero-order valence-corrected chi connectivity index (χ0v) is 16.5. The molecule has 6 nitrogen and oxygen atoms in total. The molecule has 1 aliphatic rings. The number of amides is 1. The Morgan fingerprint density at radius 3 is 2.88 bits per heavy atom. The van der Waals surface area contributed by atoms with Gasteiger partial charge in [-0.1, -0.05) is 20.8 Å². The van der Waals surface area contributed by atoms with Crippen LogP contribution >= 0.6 is 0 Å². The third-order valence-corrected chi connectivity index (χ3v) is 5.22. The van der Waals surface area contributed by atoms with E-state index in [1.807, 2.05) is 28.8 Å². The number of nitrogens with zero attached hydrogens (tertiary/aromatic N) is 4. The van der Waals surface area contributed by atoms with Crippen LogP contribution < -0.4 is 0 Å². The van der Waals surface area contributed by atoms with Crippen LogP contribution in [0, 0.1) is 5.92 Å². The molecule has 2 aromatic rings. The van der Waals surface area contributed by atoms with Crippen molar-refractivity contribution in [1.29, 1.82) is 0 Å². The average molecular weight is 358 g/mol. The van der Waals surface area contributed by atoms with Crippen molar-refractivity contribution in [3.63, 3.8) is 0 Å². The summed E-state index contributed by atoms with van der Waals surface area (Å²) in [6.07, 6.45) is 5.92. The third kappa shape index (κ3) is 3.84. The van der Waals surface area contributed by atoms with Gasteiger partial charge < -0.3 is 4.90 Å². The summed E-state index contributed by atoms with van der Waals surface area (Å²) >= 11 is 0. The van der Waals surface area contributed by atoms with Crippen LogP contribution in [-0.4, -0.2) is 43.9 Å². The fourth-order valence-electron chi connectivity index (χ4n) is 3.92. The van der Waals surface area contributed by atoms with Gasteiger partial charge in [0.25, 0.3) is 5.91 Å². The van der Waals surface area contributed by atoms with Crippen molar-refractivity contribution in [3.05, 3.63) is 34.9 Å². The Hall–Kier alpha value is -2.11. The molecule has 0 aromatic carbocycles. The van der Waals surface area contributed by atoms with Crippen molar-refractivity contribution in [2.24, 2.45) is 5.92 Å².